The van der Waals surface area contributed by atoms with E-state index in [9.17, 15) is 9.18 Å². The normalized spacial score (nSPS) is 13.2. The number of ether oxygens (including phenoxy) is 1. The molecule has 0 fully saturated rings. The van der Waals surface area contributed by atoms with Crippen molar-refractivity contribution in [1.82, 2.24) is 0 Å². The van der Waals surface area contributed by atoms with E-state index in [-0.39, 0.29) is 5.56 Å². The Kier molecular flexibility index (Phi) is 3.72. The maximum atomic E-state index is 13.8. The summed E-state index contributed by atoms with van der Waals surface area (Å²) in [6.45, 7) is 2.79. The van der Waals surface area contributed by atoms with Gasteiger partial charge in [0.1, 0.15) is 17.5 Å². The van der Waals surface area contributed by atoms with Crippen LogP contribution in [0.15, 0.2) is 18.2 Å². The van der Waals surface area contributed by atoms with Gasteiger partial charge in [0.15, 0.2) is 0 Å². The van der Waals surface area contributed by atoms with E-state index in [0.29, 0.717) is 11.3 Å². The number of carboxylic acids is 1. The quantitative estimate of drug-likeness (QED) is 0.845. The second-order valence-corrected chi connectivity index (χ2v) is 4.25. The number of benzene rings is 1. The molecule has 0 saturated heterocycles. The molecule has 0 radical (unpaired) electrons. The molecule has 0 aliphatic rings. The van der Waals surface area contributed by atoms with Crippen molar-refractivity contribution in [2.45, 2.75) is 25.6 Å². The smallest absolute Gasteiger partial charge is 0.325 e. The number of carbonyl (C=O) groups is 1. The third-order valence-corrected chi connectivity index (χ3v) is 2.52. The minimum Gasteiger partial charge on any atom is -0.496 e. The molecule has 0 spiro atoms. The molecule has 4 nitrogen and oxygen atoms in total. The van der Waals surface area contributed by atoms with E-state index in [1.54, 1.807) is 6.07 Å². The molecule has 94 valence electrons. The number of halogens is 1. The molecule has 1 atom stereocenters. The maximum Gasteiger partial charge on any atom is 0.325 e. The molecule has 1 unspecified atom stereocenters. The molecular weight excluding hydrogens is 225 g/mol. The van der Waals surface area contributed by atoms with Crippen LogP contribution in [-0.4, -0.2) is 18.2 Å². The first-order chi connectivity index (χ1) is 7.77. The number of methoxy groups -OCH3 is 1. The standard InChI is InChI=1S/C12H16FNO3/c1-12(2,13)7-4-5-9(17-3)8(6-7)10(14)11(15)16/h4-6,10H,14H2,1-3H3,(H,15,16). The van der Waals surface area contributed by atoms with Crippen molar-refractivity contribution in [1.29, 1.82) is 0 Å². The van der Waals surface area contributed by atoms with Crippen molar-refractivity contribution in [3.8, 4) is 5.75 Å². The first-order valence-corrected chi connectivity index (χ1v) is 5.13. The number of aliphatic carboxylic acids is 1. The summed E-state index contributed by atoms with van der Waals surface area (Å²) in [6, 6.07) is 3.27. The lowest BCUT2D eigenvalue weighted by molar-refractivity contribution is -0.138. The van der Waals surface area contributed by atoms with Gasteiger partial charge in [-0.1, -0.05) is 6.07 Å². The summed E-state index contributed by atoms with van der Waals surface area (Å²) in [5, 5.41) is 8.87. The van der Waals surface area contributed by atoms with Crippen molar-refractivity contribution < 1.29 is 19.0 Å². The van der Waals surface area contributed by atoms with Gasteiger partial charge in [-0.2, -0.15) is 0 Å². The molecule has 0 bridgehead atoms. The van der Waals surface area contributed by atoms with Crippen molar-refractivity contribution >= 4 is 5.97 Å². The number of carboxylic acid groups (broad SMARTS) is 1. The lowest BCUT2D eigenvalue weighted by atomic mass is 9.95. The van der Waals surface area contributed by atoms with E-state index in [2.05, 4.69) is 0 Å². The fourth-order valence-electron chi connectivity index (χ4n) is 1.48. The number of alkyl halides is 1. The summed E-state index contributed by atoms with van der Waals surface area (Å²) >= 11 is 0. The molecule has 0 aliphatic carbocycles. The van der Waals surface area contributed by atoms with Crippen LogP contribution in [0, 0.1) is 0 Å². The van der Waals surface area contributed by atoms with Crippen LogP contribution in [0.2, 0.25) is 0 Å². The first kappa shape index (κ1) is 13.4. The Morgan fingerprint density at radius 3 is 2.53 bits per heavy atom. The first-order valence-electron chi connectivity index (χ1n) is 5.13. The third kappa shape index (κ3) is 2.94. The topological polar surface area (TPSA) is 72.5 Å². The third-order valence-electron chi connectivity index (χ3n) is 2.52. The van der Waals surface area contributed by atoms with Gasteiger partial charge >= 0.3 is 5.97 Å². The van der Waals surface area contributed by atoms with Crippen molar-refractivity contribution in [2.75, 3.05) is 7.11 Å². The summed E-state index contributed by atoms with van der Waals surface area (Å²) in [5.41, 5.74) is 4.60. The van der Waals surface area contributed by atoms with Gasteiger partial charge in [0.25, 0.3) is 0 Å². The van der Waals surface area contributed by atoms with Crippen LogP contribution in [0.1, 0.15) is 31.0 Å². The van der Waals surface area contributed by atoms with Crippen molar-refractivity contribution in [3.63, 3.8) is 0 Å². The summed E-state index contributed by atoms with van der Waals surface area (Å²) < 4.78 is 18.8. The Hall–Kier alpha value is -1.62. The van der Waals surface area contributed by atoms with Crippen molar-refractivity contribution in [2.24, 2.45) is 5.73 Å². The van der Waals surface area contributed by atoms with E-state index in [0.717, 1.165) is 0 Å². The van der Waals surface area contributed by atoms with E-state index >= 15 is 0 Å². The second kappa shape index (κ2) is 4.71. The Balaban J connectivity index is 3.29. The fourth-order valence-corrected chi connectivity index (χ4v) is 1.48. The predicted octanol–water partition coefficient (Wildman–Crippen LogP) is 1.98. The zero-order valence-electron chi connectivity index (χ0n) is 10.0. The van der Waals surface area contributed by atoms with Gasteiger partial charge in [0.2, 0.25) is 0 Å². The Morgan fingerprint density at radius 1 is 1.53 bits per heavy atom. The van der Waals surface area contributed by atoms with Gasteiger partial charge in [-0.3, -0.25) is 4.79 Å². The average molecular weight is 241 g/mol. The van der Waals surface area contributed by atoms with E-state index in [1.807, 2.05) is 0 Å². The average Bonchev–Trinajstić information content (AvgIpc) is 2.25. The summed E-state index contributed by atoms with van der Waals surface area (Å²) in [5.74, 6) is -0.843. The molecule has 1 aromatic rings. The highest BCUT2D eigenvalue weighted by atomic mass is 19.1. The number of rotatable bonds is 4. The molecule has 0 saturated carbocycles. The van der Waals surface area contributed by atoms with E-state index < -0.39 is 17.7 Å². The lowest BCUT2D eigenvalue weighted by Gasteiger charge is -2.19. The van der Waals surface area contributed by atoms with Crippen LogP contribution in [-0.2, 0) is 10.5 Å². The second-order valence-electron chi connectivity index (χ2n) is 4.25. The molecule has 0 amide bonds. The summed E-state index contributed by atoms with van der Waals surface area (Å²) in [6.07, 6.45) is 0. The van der Waals surface area contributed by atoms with Gasteiger partial charge in [0, 0.05) is 5.56 Å². The SMILES string of the molecule is COc1ccc(C(C)(C)F)cc1C(N)C(=O)O. The molecule has 0 aromatic heterocycles. The van der Waals surface area contributed by atoms with Gasteiger partial charge in [-0.25, -0.2) is 4.39 Å². The fraction of sp³-hybridized carbons (Fsp3) is 0.417. The maximum absolute atomic E-state index is 13.8. The highest BCUT2D eigenvalue weighted by molar-refractivity contribution is 5.76. The van der Waals surface area contributed by atoms with E-state index in [4.69, 9.17) is 15.6 Å². The molecule has 1 aromatic carbocycles. The predicted molar refractivity (Wildman–Crippen MR) is 61.7 cm³/mol. The molecule has 0 heterocycles. The Morgan fingerprint density at radius 2 is 2.12 bits per heavy atom. The Bertz CT molecular complexity index is 426. The lowest BCUT2D eigenvalue weighted by Crippen LogP contribution is -2.22. The summed E-state index contributed by atoms with van der Waals surface area (Å²) in [7, 11) is 1.41. The van der Waals surface area contributed by atoms with Gasteiger partial charge in [0.05, 0.1) is 7.11 Å². The van der Waals surface area contributed by atoms with Crippen LogP contribution >= 0.6 is 0 Å². The van der Waals surface area contributed by atoms with Gasteiger partial charge in [-0.05, 0) is 31.5 Å². The monoisotopic (exact) mass is 241 g/mol. The van der Waals surface area contributed by atoms with Gasteiger partial charge in [-0.15, -0.1) is 0 Å². The van der Waals surface area contributed by atoms with Gasteiger partial charge < -0.3 is 15.6 Å². The molecule has 3 N–H and O–H groups in total. The zero-order valence-corrected chi connectivity index (χ0v) is 10.0. The van der Waals surface area contributed by atoms with Crippen LogP contribution in [0.25, 0.3) is 0 Å². The van der Waals surface area contributed by atoms with Crippen LogP contribution in [0.5, 0.6) is 5.75 Å². The molecule has 5 heteroatoms. The highest BCUT2D eigenvalue weighted by Gasteiger charge is 2.24. The Labute approximate surface area is 99.2 Å². The van der Waals surface area contributed by atoms with Crippen LogP contribution in [0.4, 0.5) is 4.39 Å². The molecule has 0 aliphatic heterocycles. The van der Waals surface area contributed by atoms with E-state index in [1.165, 1.54) is 33.1 Å². The van der Waals surface area contributed by atoms with Crippen molar-refractivity contribution in [3.05, 3.63) is 29.3 Å². The number of nitrogens with two attached hydrogens (primary N) is 1. The molecule has 1 rings (SSSR count). The summed E-state index contributed by atoms with van der Waals surface area (Å²) in [4.78, 5) is 10.9. The van der Waals surface area contributed by atoms with Crippen LogP contribution in [0.3, 0.4) is 0 Å². The van der Waals surface area contributed by atoms with Crippen LogP contribution < -0.4 is 10.5 Å². The molecular formula is C12H16FNO3. The zero-order chi connectivity index (χ0) is 13.2. The number of hydrogen-bond acceptors (Lipinski definition) is 3. The minimum absolute atomic E-state index is 0.267. The minimum atomic E-state index is -1.56. The number of hydrogen-bond donors (Lipinski definition) is 2. The molecule has 17 heavy (non-hydrogen) atoms. The highest BCUT2D eigenvalue weighted by Crippen LogP contribution is 2.31. The largest absolute Gasteiger partial charge is 0.496 e.